The summed E-state index contributed by atoms with van der Waals surface area (Å²) in [5.41, 5.74) is -0.833. The Kier molecular flexibility index (Phi) is 3.18. The smallest absolute Gasteiger partial charge is 0.405 e. The molecule has 0 bridgehead atoms. The number of aliphatic hydroxyl groups is 1. The van der Waals surface area contributed by atoms with Crippen molar-refractivity contribution >= 4 is 6.09 Å². The molecule has 1 aliphatic carbocycles. The Balaban J connectivity index is 2.15. The summed E-state index contributed by atoms with van der Waals surface area (Å²) in [4.78, 5) is 11.1. The Morgan fingerprint density at radius 2 is 1.38 bits per heavy atom. The van der Waals surface area contributed by atoms with Crippen molar-refractivity contribution in [3.8, 4) is 0 Å². The van der Waals surface area contributed by atoms with Gasteiger partial charge >= 0.3 is 6.09 Å². The third kappa shape index (κ3) is 2.17. The van der Waals surface area contributed by atoms with Gasteiger partial charge in [0.2, 0.25) is 0 Å². The van der Waals surface area contributed by atoms with E-state index < -0.39 is 17.2 Å². The van der Waals surface area contributed by atoms with E-state index >= 15 is 0 Å². The summed E-state index contributed by atoms with van der Waals surface area (Å²) in [7, 11) is 0. The van der Waals surface area contributed by atoms with E-state index in [1.165, 1.54) is 0 Å². The predicted molar refractivity (Wildman–Crippen MR) is 79.0 cm³/mol. The van der Waals surface area contributed by atoms with Crippen LogP contribution in [0.3, 0.4) is 0 Å². The molecule has 0 spiro atoms. The molecule has 3 N–H and O–H groups in total. The number of rotatable bonds is 4. The van der Waals surface area contributed by atoms with Crippen LogP contribution in [0.2, 0.25) is 0 Å². The summed E-state index contributed by atoms with van der Waals surface area (Å²) in [5.74, 6) is 0. The van der Waals surface area contributed by atoms with Crippen molar-refractivity contribution in [2.75, 3.05) is 0 Å². The zero-order valence-corrected chi connectivity index (χ0v) is 11.5. The quantitative estimate of drug-likeness (QED) is 0.808. The Morgan fingerprint density at radius 1 is 0.952 bits per heavy atom. The molecule has 2 aromatic rings. The molecule has 3 rings (SSSR count). The summed E-state index contributed by atoms with van der Waals surface area (Å²) in [6.07, 6.45) is 0.108. The fourth-order valence-electron chi connectivity index (χ4n) is 2.98. The van der Waals surface area contributed by atoms with Gasteiger partial charge < -0.3 is 15.5 Å². The lowest BCUT2D eigenvalue weighted by Gasteiger charge is -2.37. The molecule has 0 heterocycles. The highest BCUT2D eigenvalue weighted by molar-refractivity contribution is 5.67. The summed E-state index contributed by atoms with van der Waals surface area (Å²) >= 11 is 0. The minimum atomic E-state index is -1.37. The van der Waals surface area contributed by atoms with E-state index in [1.54, 1.807) is 0 Å². The molecular formula is C17H17NO3. The Labute approximate surface area is 123 Å². The zero-order valence-electron chi connectivity index (χ0n) is 11.5. The average Bonchev–Trinajstić information content (AvgIpc) is 3.28. The van der Waals surface area contributed by atoms with E-state index in [0.29, 0.717) is 24.0 Å². The van der Waals surface area contributed by atoms with Crippen LogP contribution < -0.4 is 5.32 Å². The van der Waals surface area contributed by atoms with Crippen LogP contribution in [0.4, 0.5) is 4.79 Å². The van der Waals surface area contributed by atoms with Crippen molar-refractivity contribution in [1.82, 2.24) is 5.32 Å². The van der Waals surface area contributed by atoms with Gasteiger partial charge in [0.05, 0.1) is 5.54 Å². The number of hydrogen-bond donors (Lipinski definition) is 3. The first-order chi connectivity index (χ1) is 10.1. The molecular weight excluding hydrogens is 266 g/mol. The minimum Gasteiger partial charge on any atom is -0.465 e. The molecule has 0 aliphatic heterocycles. The molecule has 1 fully saturated rings. The third-order valence-electron chi connectivity index (χ3n) is 4.17. The van der Waals surface area contributed by atoms with Crippen LogP contribution >= 0.6 is 0 Å². The summed E-state index contributed by atoms with van der Waals surface area (Å²) < 4.78 is 0. The van der Waals surface area contributed by atoms with Crippen molar-refractivity contribution in [2.45, 2.75) is 24.0 Å². The molecule has 0 atom stereocenters. The van der Waals surface area contributed by atoms with E-state index in [9.17, 15) is 9.90 Å². The molecule has 0 unspecified atom stereocenters. The van der Waals surface area contributed by atoms with Gasteiger partial charge in [-0.05, 0) is 24.0 Å². The fraction of sp³-hybridized carbons (Fsp3) is 0.235. The molecule has 1 saturated carbocycles. The van der Waals surface area contributed by atoms with Crippen molar-refractivity contribution in [3.05, 3.63) is 71.8 Å². The fourth-order valence-corrected chi connectivity index (χ4v) is 2.98. The number of benzene rings is 2. The van der Waals surface area contributed by atoms with Gasteiger partial charge in [-0.1, -0.05) is 60.7 Å². The van der Waals surface area contributed by atoms with Gasteiger partial charge in [0.25, 0.3) is 0 Å². The van der Waals surface area contributed by atoms with E-state index in [1.807, 2.05) is 60.7 Å². The lowest BCUT2D eigenvalue weighted by molar-refractivity contribution is 0.0256. The van der Waals surface area contributed by atoms with Crippen molar-refractivity contribution in [3.63, 3.8) is 0 Å². The standard InChI is InChI=1S/C17H17NO3/c19-15(20)18-16(11-12-16)17(21,13-7-3-1-4-8-13)14-9-5-2-6-10-14/h1-10,18,21H,11-12H2,(H,19,20). The number of carbonyl (C=O) groups is 1. The Hall–Kier alpha value is -2.33. The SMILES string of the molecule is O=C(O)NC1(C(O)(c2ccccc2)c2ccccc2)CC1. The first-order valence-electron chi connectivity index (χ1n) is 6.93. The van der Waals surface area contributed by atoms with E-state index in [-0.39, 0.29) is 0 Å². The number of amides is 1. The lowest BCUT2D eigenvalue weighted by atomic mass is 9.78. The molecule has 0 saturated heterocycles. The van der Waals surface area contributed by atoms with Crippen LogP contribution in [-0.2, 0) is 5.60 Å². The number of carboxylic acid groups (broad SMARTS) is 1. The van der Waals surface area contributed by atoms with Crippen LogP contribution in [0.5, 0.6) is 0 Å². The Bertz CT molecular complexity index is 596. The normalized spacial score (nSPS) is 16.2. The van der Waals surface area contributed by atoms with Gasteiger partial charge in [-0.3, -0.25) is 0 Å². The molecule has 1 aliphatic rings. The zero-order chi connectivity index (χ0) is 14.9. The minimum absolute atomic E-state index is 0.611. The van der Waals surface area contributed by atoms with Gasteiger partial charge in [-0.25, -0.2) is 4.79 Å². The Morgan fingerprint density at radius 3 is 1.71 bits per heavy atom. The maximum absolute atomic E-state index is 11.5. The highest BCUT2D eigenvalue weighted by Gasteiger charge is 2.61. The maximum atomic E-state index is 11.5. The summed E-state index contributed by atoms with van der Waals surface area (Å²) in [6, 6.07) is 18.5. The second-order valence-electron chi connectivity index (χ2n) is 5.45. The molecule has 0 aromatic heterocycles. The van der Waals surface area contributed by atoms with Gasteiger partial charge in [-0.2, -0.15) is 0 Å². The molecule has 2 aromatic carbocycles. The molecule has 108 valence electrons. The predicted octanol–water partition coefficient (Wildman–Crippen LogP) is 2.72. The second-order valence-corrected chi connectivity index (χ2v) is 5.45. The van der Waals surface area contributed by atoms with E-state index in [0.717, 1.165) is 0 Å². The van der Waals surface area contributed by atoms with Gasteiger partial charge in [0, 0.05) is 0 Å². The topological polar surface area (TPSA) is 69.6 Å². The first-order valence-corrected chi connectivity index (χ1v) is 6.93. The van der Waals surface area contributed by atoms with Gasteiger partial charge in [0.15, 0.2) is 0 Å². The third-order valence-corrected chi connectivity index (χ3v) is 4.17. The molecule has 4 heteroatoms. The number of hydrogen-bond acceptors (Lipinski definition) is 2. The van der Waals surface area contributed by atoms with Crippen LogP contribution in [0, 0.1) is 0 Å². The van der Waals surface area contributed by atoms with Crippen LogP contribution in [0.1, 0.15) is 24.0 Å². The monoisotopic (exact) mass is 283 g/mol. The maximum Gasteiger partial charge on any atom is 0.405 e. The highest BCUT2D eigenvalue weighted by Crippen LogP contribution is 2.53. The van der Waals surface area contributed by atoms with Gasteiger partial charge in [0.1, 0.15) is 5.60 Å². The van der Waals surface area contributed by atoms with Gasteiger partial charge in [-0.15, -0.1) is 0 Å². The van der Waals surface area contributed by atoms with Crippen LogP contribution in [0.15, 0.2) is 60.7 Å². The van der Waals surface area contributed by atoms with Crippen molar-refractivity contribution in [2.24, 2.45) is 0 Å². The molecule has 1 amide bonds. The first kappa shape index (κ1) is 13.6. The average molecular weight is 283 g/mol. The van der Waals surface area contributed by atoms with E-state index in [4.69, 9.17) is 5.11 Å². The molecule has 21 heavy (non-hydrogen) atoms. The van der Waals surface area contributed by atoms with Crippen molar-refractivity contribution < 1.29 is 15.0 Å². The largest absolute Gasteiger partial charge is 0.465 e. The van der Waals surface area contributed by atoms with Crippen LogP contribution in [-0.4, -0.2) is 21.8 Å². The summed E-state index contributed by atoms with van der Waals surface area (Å²) in [5, 5.41) is 23.1. The lowest BCUT2D eigenvalue weighted by Crippen LogP contribution is -2.53. The van der Waals surface area contributed by atoms with Crippen LogP contribution in [0.25, 0.3) is 0 Å². The molecule has 0 radical (unpaired) electrons. The van der Waals surface area contributed by atoms with Crippen molar-refractivity contribution in [1.29, 1.82) is 0 Å². The highest BCUT2D eigenvalue weighted by atomic mass is 16.4. The number of nitrogens with one attached hydrogen (secondary N) is 1. The molecule has 4 nitrogen and oxygen atoms in total. The second kappa shape index (κ2) is 4.90. The summed E-state index contributed by atoms with van der Waals surface area (Å²) in [6.45, 7) is 0. The van der Waals surface area contributed by atoms with E-state index in [2.05, 4.69) is 5.32 Å².